The second-order valence-corrected chi connectivity index (χ2v) is 15.4. The molecule has 5 fully saturated rings. The minimum absolute atomic E-state index is 0.120. The van der Waals surface area contributed by atoms with Gasteiger partial charge >= 0.3 is 0 Å². The zero-order valence-electron chi connectivity index (χ0n) is 22.0. The van der Waals surface area contributed by atoms with Gasteiger partial charge in [0.2, 0.25) is 0 Å². The van der Waals surface area contributed by atoms with E-state index in [1.54, 1.807) is 0 Å². The Morgan fingerprint density at radius 3 is 2.03 bits per heavy atom. The zero-order valence-corrected chi connectivity index (χ0v) is 22.0. The van der Waals surface area contributed by atoms with Crippen LogP contribution in [0.3, 0.4) is 0 Å². The van der Waals surface area contributed by atoms with Gasteiger partial charge in [0.15, 0.2) is 0 Å². The smallest absolute Gasteiger partial charge is 0.138 e. The highest BCUT2D eigenvalue weighted by atomic mass is 16.1. The largest absolute Gasteiger partial charge is 0.299 e. The second kappa shape index (κ2) is 6.41. The van der Waals surface area contributed by atoms with Gasteiger partial charge in [-0.15, -0.1) is 0 Å². The van der Waals surface area contributed by atoms with Crippen LogP contribution in [0.5, 0.6) is 0 Å². The van der Waals surface area contributed by atoms with Crippen molar-refractivity contribution in [2.75, 3.05) is 0 Å². The molecule has 31 heavy (non-hydrogen) atoms. The van der Waals surface area contributed by atoms with Crippen LogP contribution in [-0.4, -0.2) is 5.78 Å². The first-order chi connectivity index (χ1) is 14.2. The molecule has 1 nitrogen and oxygen atoms in total. The number of fused-ring (bicyclic) bond motifs is 7. The Hall–Kier alpha value is -0.330. The third-order valence-corrected chi connectivity index (χ3v) is 13.4. The Balaban J connectivity index is 1.53. The summed E-state index contributed by atoms with van der Waals surface area (Å²) in [6.45, 7) is 20.4. The summed E-state index contributed by atoms with van der Waals surface area (Å²) >= 11 is 0. The fraction of sp³-hybridized carbons (Fsp3) is 0.967. The maximum absolute atomic E-state index is 12.9. The van der Waals surface area contributed by atoms with Crippen molar-refractivity contribution in [1.82, 2.24) is 0 Å². The lowest BCUT2D eigenvalue weighted by Gasteiger charge is -2.73. The molecule has 0 bridgehead atoms. The van der Waals surface area contributed by atoms with Crippen LogP contribution in [0.1, 0.15) is 126 Å². The summed E-state index contributed by atoms with van der Waals surface area (Å²) in [5.41, 5.74) is 2.27. The summed E-state index contributed by atoms with van der Waals surface area (Å²) in [7, 11) is 0. The topological polar surface area (TPSA) is 17.1 Å². The van der Waals surface area contributed by atoms with Crippen molar-refractivity contribution in [3.63, 3.8) is 0 Å². The van der Waals surface area contributed by atoms with Crippen LogP contribution in [-0.2, 0) is 4.79 Å². The van der Waals surface area contributed by atoms with Crippen LogP contribution in [0.25, 0.3) is 0 Å². The van der Waals surface area contributed by atoms with Crippen LogP contribution in [0.15, 0.2) is 0 Å². The minimum Gasteiger partial charge on any atom is -0.299 e. The van der Waals surface area contributed by atoms with Crippen molar-refractivity contribution in [3.05, 3.63) is 0 Å². The molecular formula is C30H50O. The molecule has 5 saturated carbocycles. The van der Waals surface area contributed by atoms with E-state index >= 15 is 0 Å². The van der Waals surface area contributed by atoms with E-state index in [1.165, 1.54) is 57.8 Å². The molecule has 1 unspecified atom stereocenters. The molecule has 0 spiro atoms. The average Bonchev–Trinajstić information content (AvgIpc) is 2.67. The Morgan fingerprint density at radius 2 is 1.32 bits per heavy atom. The molecule has 0 radical (unpaired) electrons. The lowest BCUT2D eigenvalue weighted by Crippen LogP contribution is -2.66. The molecule has 5 rings (SSSR count). The molecule has 1 heteroatoms. The van der Waals surface area contributed by atoms with E-state index in [9.17, 15) is 4.79 Å². The van der Waals surface area contributed by atoms with E-state index in [-0.39, 0.29) is 5.41 Å². The monoisotopic (exact) mass is 426 g/mol. The minimum atomic E-state index is -0.120. The summed E-state index contributed by atoms with van der Waals surface area (Å²) in [4.78, 5) is 12.9. The van der Waals surface area contributed by atoms with E-state index in [0.717, 1.165) is 30.6 Å². The van der Waals surface area contributed by atoms with Crippen molar-refractivity contribution in [1.29, 1.82) is 0 Å². The summed E-state index contributed by atoms with van der Waals surface area (Å²) in [6.07, 6.45) is 14.7. The molecule has 5 aliphatic rings. The molecule has 0 amide bonds. The van der Waals surface area contributed by atoms with Gasteiger partial charge in [0.1, 0.15) is 5.78 Å². The Bertz CT molecular complexity index is 777. The molecule has 0 N–H and O–H groups in total. The molecular weight excluding hydrogens is 376 g/mol. The number of ketones is 1. The van der Waals surface area contributed by atoms with Gasteiger partial charge in [0.25, 0.3) is 0 Å². The van der Waals surface area contributed by atoms with Crippen LogP contribution in [0.4, 0.5) is 0 Å². The van der Waals surface area contributed by atoms with E-state index in [0.29, 0.717) is 38.8 Å². The number of carbonyl (C=O) groups is 1. The van der Waals surface area contributed by atoms with E-state index < -0.39 is 0 Å². The molecule has 0 heterocycles. The van der Waals surface area contributed by atoms with Gasteiger partial charge in [-0.05, 0) is 115 Å². The number of hydrogen-bond donors (Lipinski definition) is 0. The maximum atomic E-state index is 12.9. The maximum Gasteiger partial charge on any atom is 0.138 e. The van der Waals surface area contributed by atoms with Gasteiger partial charge < -0.3 is 0 Å². The molecule has 0 aromatic rings. The quantitative estimate of drug-likeness (QED) is 0.379. The third kappa shape index (κ3) is 2.76. The molecule has 8 atom stereocenters. The zero-order chi connectivity index (χ0) is 22.7. The van der Waals surface area contributed by atoms with Crippen molar-refractivity contribution >= 4 is 5.78 Å². The predicted molar refractivity (Wildman–Crippen MR) is 130 cm³/mol. The molecule has 0 aromatic heterocycles. The van der Waals surface area contributed by atoms with E-state index in [2.05, 4.69) is 55.4 Å². The van der Waals surface area contributed by atoms with Gasteiger partial charge in [0, 0.05) is 11.8 Å². The normalized spacial score (nSPS) is 55.4. The van der Waals surface area contributed by atoms with Gasteiger partial charge in [-0.3, -0.25) is 4.79 Å². The van der Waals surface area contributed by atoms with Crippen molar-refractivity contribution in [2.45, 2.75) is 126 Å². The Labute approximate surface area is 192 Å². The lowest BCUT2D eigenvalue weighted by atomic mass is 9.31. The number of hydrogen-bond acceptors (Lipinski definition) is 1. The predicted octanol–water partition coefficient (Wildman–Crippen LogP) is 8.46. The van der Waals surface area contributed by atoms with Gasteiger partial charge in [0.05, 0.1) is 0 Å². The second-order valence-electron chi connectivity index (χ2n) is 15.4. The Kier molecular flexibility index (Phi) is 4.65. The summed E-state index contributed by atoms with van der Waals surface area (Å²) in [6, 6.07) is 0. The van der Waals surface area contributed by atoms with Crippen LogP contribution in [0.2, 0.25) is 0 Å². The standard InChI is InChI=1S/C30H50O/c1-25(2)15-16-27(5)17-18-29(7)20(21(27)19-25)9-10-23-28(6)13-12-24(31)26(3,4)22(28)11-14-30(23,29)8/h20-23H,9-19H2,1-8H3/t20-,21-,22?,23-,27-,28+,29-,30-/m1/s1. The fourth-order valence-electron chi connectivity index (χ4n) is 11.1. The molecule has 176 valence electrons. The first-order valence-corrected chi connectivity index (χ1v) is 13.7. The highest BCUT2D eigenvalue weighted by molar-refractivity contribution is 5.85. The van der Waals surface area contributed by atoms with Crippen LogP contribution in [0, 0.1) is 56.2 Å². The van der Waals surface area contributed by atoms with E-state index in [4.69, 9.17) is 0 Å². The van der Waals surface area contributed by atoms with Crippen LogP contribution < -0.4 is 0 Å². The molecule has 0 aliphatic heterocycles. The SMILES string of the molecule is CC1(C)CC[C@]2(C)CC[C@]3(C)[C@H](CC[C@@H]4[C@@]5(C)CCC(=O)C(C)(C)C5CC[C@]43C)[C@H]2C1. The lowest BCUT2D eigenvalue weighted by molar-refractivity contribution is -0.240. The summed E-state index contributed by atoms with van der Waals surface area (Å²) in [5.74, 6) is 3.75. The van der Waals surface area contributed by atoms with Crippen molar-refractivity contribution in [2.24, 2.45) is 56.2 Å². The highest BCUT2D eigenvalue weighted by Gasteiger charge is 2.69. The summed E-state index contributed by atoms with van der Waals surface area (Å²) in [5, 5.41) is 0. The highest BCUT2D eigenvalue weighted by Crippen LogP contribution is 2.76. The first kappa shape index (κ1) is 22.5. The molecule has 0 aromatic carbocycles. The summed E-state index contributed by atoms with van der Waals surface area (Å²) < 4.78 is 0. The van der Waals surface area contributed by atoms with Gasteiger partial charge in [-0.2, -0.15) is 0 Å². The number of Topliss-reactive ketones (excluding diaryl/α,β-unsaturated/α-hetero) is 1. The van der Waals surface area contributed by atoms with E-state index in [1.807, 2.05) is 0 Å². The van der Waals surface area contributed by atoms with Crippen LogP contribution >= 0.6 is 0 Å². The molecule has 5 aliphatic carbocycles. The van der Waals surface area contributed by atoms with Crippen molar-refractivity contribution < 1.29 is 4.79 Å². The first-order valence-electron chi connectivity index (χ1n) is 13.7. The average molecular weight is 427 g/mol. The number of rotatable bonds is 0. The number of carbonyl (C=O) groups excluding carboxylic acids is 1. The fourth-order valence-corrected chi connectivity index (χ4v) is 11.1. The van der Waals surface area contributed by atoms with Gasteiger partial charge in [-0.25, -0.2) is 0 Å². The van der Waals surface area contributed by atoms with Gasteiger partial charge in [-0.1, -0.05) is 55.4 Å². The Morgan fingerprint density at radius 1 is 0.645 bits per heavy atom. The third-order valence-electron chi connectivity index (χ3n) is 13.4. The van der Waals surface area contributed by atoms with Crippen molar-refractivity contribution in [3.8, 4) is 0 Å². The molecule has 0 saturated heterocycles.